The number of hydrogen-bond acceptors (Lipinski definition) is 4. The molecule has 0 spiro atoms. The molecule has 0 heterocycles. The Balaban J connectivity index is 2.48. The summed E-state index contributed by atoms with van der Waals surface area (Å²) >= 11 is 0. The fraction of sp³-hybridized carbons (Fsp3) is 0.364. The van der Waals surface area contributed by atoms with Gasteiger partial charge < -0.3 is 9.94 Å². The first-order valence-electron chi connectivity index (χ1n) is 5.05. The largest absolute Gasteiger partial charge is 0.522 e. The van der Waals surface area contributed by atoms with Crippen LogP contribution in [0.4, 0.5) is 13.2 Å². The molecule has 1 aromatic carbocycles. The van der Waals surface area contributed by atoms with E-state index >= 15 is 0 Å². The van der Waals surface area contributed by atoms with Crippen LogP contribution in [0, 0.1) is 0 Å². The molecule has 0 saturated heterocycles. The minimum absolute atomic E-state index is 0.224. The first-order valence-corrected chi connectivity index (χ1v) is 5.05. The number of rotatable bonds is 5. The van der Waals surface area contributed by atoms with Crippen molar-refractivity contribution >= 4 is 5.71 Å². The SMILES string of the molecule is CC(=NO)c1cccc(OCCOC(F)(F)F)c1. The van der Waals surface area contributed by atoms with E-state index in [0.717, 1.165) is 0 Å². The molecule has 4 nitrogen and oxygen atoms in total. The molecule has 7 heteroatoms. The lowest BCUT2D eigenvalue weighted by Crippen LogP contribution is -2.18. The van der Waals surface area contributed by atoms with Crippen molar-refractivity contribution in [3.8, 4) is 5.75 Å². The highest BCUT2D eigenvalue weighted by atomic mass is 19.4. The molecule has 0 unspecified atom stereocenters. The third kappa shape index (κ3) is 5.05. The molecule has 1 aromatic rings. The average Bonchev–Trinajstić information content (AvgIpc) is 2.33. The first kappa shape index (κ1) is 14.3. The molecule has 1 N–H and O–H groups in total. The lowest BCUT2D eigenvalue weighted by Gasteiger charge is -2.09. The van der Waals surface area contributed by atoms with Crippen LogP contribution in [0.3, 0.4) is 0 Å². The van der Waals surface area contributed by atoms with Crippen LogP contribution in [-0.4, -0.2) is 30.5 Å². The van der Waals surface area contributed by atoms with Crippen LogP contribution in [0.15, 0.2) is 29.4 Å². The van der Waals surface area contributed by atoms with Gasteiger partial charge in [-0.1, -0.05) is 17.3 Å². The molecule has 0 radical (unpaired) electrons. The van der Waals surface area contributed by atoms with Crippen LogP contribution in [0.5, 0.6) is 5.75 Å². The number of halogens is 3. The second-order valence-electron chi connectivity index (χ2n) is 3.36. The molecular weight excluding hydrogens is 251 g/mol. The first-order chi connectivity index (χ1) is 8.42. The molecule has 0 amide bonds. The Kier molecular flexibility index (Phi) is 4.96. The minimum Gasteiger partial charge on any atom is -0.491 e. The lowest BCUT2D eigenvalue weighted by molar-refractivity contribution is -0.325. The van der Waals surface area contributed by atoms with Crippen molar-refractivity contribution in [2.45, 2.75) is 13.3 Å². The summed E-state index contributed by atoms with van der Waals surface area (Å²) in [7, 11) is 0. The van der Waals surface area contributed by atoms with Gasteiger partial charge in [-0.2, -0.15) is 0 Å². The summed E-state index contributed by atoms with van der Waals surface area (Å²) in [6.45, 7) is 0.783. The molecule has 0 saturated carbocycles. The second-order valence-corrected chi connectivity index (χ2v) is 3.36. The van der Waals surface area contributed by atoms with Gasteiger partial charge in [0, 0.05) is 5.56 Å². The number of oxime groups is 1. The monoisotopic (exact) mass is 263 g/mol. The van der Waals surface area contributed by atoms with Crippen LogP contribution in [0.25, 0.3) is 0 Å². The van der Waals surface area contributed by atoms with Gasteiger partial charge in [0.25, 0.3) is 0 Å². The Hall–Kier alpha value is -1.76. The third-order valence-electron chi connectivity index (χ3n) is 2.02. The Morgan fingerprint density at radius 3 is 2.67 bits per heavy atom. The molecule has 0 bridgehead atoms. The van der Waals surface area contributed by atoms with Crippen molar-refractivity contribution in [3.05, 3.63) is 29.8 Å². The smallest absolute Gasteiger partial charge is 0.491 e. The van der Waals surface area contributed by atoms with Gasteiger partial charge in [-0.25, -0.2) is 0 Å². The van der Waals surface area contributed by atoms with Crippen LogP contribution in [0.1, 0.15) is 12.5 Å². The minimum atomic E-state index is -4.65. The zero-order valence-electron chi connectivity index (χ0n) is 9.57. The summed E-state index contributed by atoms with van der Waals surface area (Å²) in [4.78, 5) is 0. The molecular formula is C11H12F3NO3. The molecule has 0 aliphatic heterocycles. The van der Waals surface area contributed by atoms with Gasteiger partial charge in [0.05, 0.1) is 12.3 Å². The predicted octanol–water partition coefficient (Wildman–Crippen LogP) is 2.80. The molecule has 18 heavy (non-hydrogen) atoms. The fourth-order valence-corrected chi connectivity index (χ4v) is 1.19. The summed E-state index contributed by atoms with van der Waals surface area (Å²) in [5.74, 6) is 0.376. The lowest BCUT2D eigenvalue weighted by atomic mass is 10.1. The maximum atomic E-state index is 11.7. The van der Waals surface area contributed by atoms with Crippen molar-refractivity contribution in [3.63, 3.8) is 0 Å². The van der Waals surface area contributed by atoms with E-state index in [9.17, 15) is 13.2 Å². The quantitative estimate of drug-likeness (QED) is 0.384. The normalized spacial score (nSPS) is 12.6. The van der Waals surface area contributed by atoms with Gasteiger partial charge >= 0.3 is 6.36 Å². The predicted molar refractivity (Wildman–Crippen MR) is 57.9 cm³/mol. The third-order valence-corrected chi connectivity index (χ3v) is 2.02. The highest BCUT2D eigenvalue weighted by molar-refractivity contribution is 5.98. The molecule has 0 fully saturated rings. The Morgan fingerprint density at radius 2 is 2.06 bits per heavy atom. The number of benzene rings is 1. The molecule has 1 rings (SSSR count). The maximum absolute atomic E-state index is 11.7. The molecule has 0 aliphatic rings. The van der Waals surface area contributed by atoms with E-state index in [1.807, 2.05) is 0 Å². The van der Waals surface area contributed by atoms with Crippen molar-refractivity contribution in [2.24, 2.45) is 5.16 Å². The molecule has 0 aliphatic carbocycles. The Bertz CT molecular complexity index is 418. The van der Waals surface area contributed by atoms with E-state index in [1.54, 1.807) is 31.2 Å². The highest BCUT2D eigenvalue weighted by Gasteiger charge is 2.28. The van der Waals surface area contributed by atoms with Crippen LogP contribution < -0.4 is 4.74 Å². The van der Waals surface area contributed by atoms with Gasteiger partial charge in [-0.15, -0.1) is 13.2 Å². The van der Waals surface area contributed by atoms with E-state index < -0.39 is 13.0 Å². The summed E-state index contributed by atoms with van der Waals surface area (Å²) in [6, 6.07) is 6.47. The van der Waals surface area contributed by atoms with Crippen LogP contribution in [-0.2, 0) is 4.74 Å². The van der Waals surface area contributed by atoms with Gasteiger partial charge in [-0.05, 0) is 19.1 Å². The molecule has 0 aromatic heterocycles. The zero-order chi connectivity index (χ0) is 13.6. The number of nitrogens with zero attached hydrogens (tertiary/aromatic N) is 1. The Morgan fingerprint density at radius 1 is 1.33 bits per heavy atom. The molecule has 0 atom stereocenters. The standard InChI is InChI=1S/C11H12F3NO3/c1-8(15-16)9-3-2-4-10(7-9)17-5-6-18-11(12,13)14/h2-4,7,16H,5-6H2,1H3. The summed E-state index contributed by atoms with van der Waals surface area (Å²) in [5, 5.41) is 11.6. The van der Waals surface area contributed by atoms with E-state index in [-0.39, 0.29) is 6.61 Å². The van der Waals surface area contributed by atoms with E-state index in [0.29, 0.717) is 17.0 Å². The van der Waals surface area contributed by atoms with Gasteiger partial charge in [-0.3, -0.25) is 4.74 Å². The fourth-order valence-electron chi connectivity index (χ4n) is 1.19. The number of ether oxygens (including phenoxy) is 2. The van der Waals surface area contributed by atoms with Crippen LogP contribution >= 0.6 is 0 Å². The van der Waals surface area contributed by atoms with Crippen molar-refractivity contribution in [1.82, 2.24) is 0 Å². The van der Waals surface area contributed by atoms with Gasteiger partial charge in [0.15, 0.2) is 0 Å². The van der Waals surface area contributed by atoms with Gasteiger partial charge in [0.1, 0.15) is 12.4 Å². The number of hydrogen-bond donors (Lipinski definition) is 1. The van der Waals surface area contributed by atoms with E-state index in [2.05, 4.69) is 9.89 Å². The summed E-state index contributed by atoms with van der Waals surface area (Å²) in [6.07, 6.45) is -4.65. The van der Waals surface area contributed by atoms with Crippen molar-refractivity contribution in [2.75, 3.05) is 13.2 Å². The van der Waals surface area contributed by atoms with Crippen molar-refractivity contribution in [1.29, 1.82) is 0 Å². The number of alkyl halides is 3. The summed E-state index contributed by atoms with van der Waals surface area (Å²) < 4.78 is 43.7. The highest BCUT2D eigenvalue weighted by Crippen LogP contribution is 2.17. The summed E-state index contributed by atoms with van der Waals surface area (Å²) in [5.41, 5.74) is 0.999. The topological polar surface area (TPSA) is 51.1 Å². The van der Waals surface area contributed by atoms with Crippen LogP contribution in [0.2, 0.25) is 0 Å². The molecule has 100 valence electrons. The van der Waals surface area contributed by atoms with Crippen molar-refractivity contribution < 1.29 is 27.9 Å². The Labute approximate surface area is 102 Å². The van der Waals surface area contributed by atoms with Gasteiger partial charge in [0.2, 0.25) is 0 Å². The van der Waals surface area contributed by atoms with E-state index in [4.69, 9.17) is 9.94 Å². The second kappa shape index (κ2) is 6.25. The average molecular weight is 263 g/mol. The zero-order valence-corrected chi connectivity index (χ0v) is 9.57. The maximum Gasteiger partial charge on any atom is 0.522 e. The van der Waals surface area contributed by atoms with E-state index in [1.165, 1.54) is 0 Å².